The highest BCUT2D eigenvalue weighted by molar-refractivity contribution is 5.69. The molecule has 1 amide bonds. The van der Waals surface area contributed by atoms with Gasteiger partial charge in [-0.15, -0.1) is 0 Å². The molecule has 1 saturated heterocycles. The average molecular weight is 326 g/mol. The number of hydrogen-bond acceptors (Lipinski definition) is 4. The van der Waals surface area contributed by atoms with E-state index >= 15 is 0 Å². The first-order valence-corrected chi connectivity index (χ1v) is 8.93. The van der Waals surface area contributed by atoms with Crippen molar-refractivity contribution < 1.29 is 14.3 Å². The first-order valence-electron chi connectivity index (χ1n) is 8.93. The Hall–Kier alpha value is -0.810. The predicted molar refractivity (Wildman–Crippen MR) is 91.6 cm³/mol. The minimum atomic E-state index is -0.468. The lowest BCUT2D eigenvalue weighted by Gasteiger charge is -2.37. The van der Waals surface area contributed by atoms with Crippen molar-refractivity contribution in [3.05, 3.63) is 0 Å². The Kier molecular flexibility index (Phi) is 5.62. The highest BCUT2D eigenvalue weighted by Crippen LogP contribution is 2.38. The van der Waals surface area contributed by atoms with E-state index < -0.39 is 5.60 Å². The number of hydrogen-bond donors (Lipinski definition) is 1. The van der Waals surface area contributed by atoms with Gasteiger partial charge in [0, 0.05) is 31.3 Å². The molecule has 2 atom stereocenters. The molecule has 0 radical (unpaired) electrons. The molecule has 2 fully saturated rings. The van der Waals surface area contributed by atoms with Gasteiger partial charge in [-0.2, -0.15) is 0 Å². The minimum absolute atomic E-state index is 0.242. The lowest BCUT2D eigenvalue weighted by atomic mass is 10.1. The molecule has 5 heteroatoms. The molecule has 0 aromatic rings. The van der Waals surface area contributed by atoms with Crippen LogP contribution in [0.1, 0.15) is 60.8 Å². The first kappa shape index (κ1) is 18.5. The number of ether oxygens (including phenoxy) is 2. The summed E-state index contributed by atoms with van der Waals surface area (Å²) in [6, 6.07) is 0.433. The van der Waals surface area contributed by atoms with Gasteiger partial charge in [-0.3, -0.25) is 0 Å². The summed E-state index contributed by atoms with van der Waals surface area (Å²) in [7, 11) is 0. The average Bonchev–Trinajstić information content (AvgIpc) is 3.10. The molecule has 0 spiro atoms. The summed E-state index contributed by atoms with van der Waals surface area (Å²) >= 11 is 0. The van der Waals surface area contributed by atoms with Gasteiger partial charge in [0.15, 0.2) is 0 Å². The van der Waals surface area contributed by atoms with E-state index in [1.807, 2.05) is 46.4 Å². The Morgan fingerprint density at radius 3 is 2.35 bits per heavy atom. The zero-order chi connectivity index (χ0) is 17.3. The van der Waals surface area contributed by atoms with E-state index in [2.05, 4.69) is 5.32 Å². The van der Waals surface area contributed by atoms with E-state index in [1.165, 1.54) is 12.8 Å². The SMILES string of the molecule is CC(C)(C)OC(=O)N(CCNC1CCOC1C1CC1)C(C)(C)C. The maximum absolute atomic E-state index is 12.5. The molecule has 0 bridgehead atoms. The van der Waals surface area contributed by atoms with Gasteiger partial charge in [0.25, 0.3) is 0 Å². The summed E-state index contributed by atoms with van der Waals surface area (Å²) < 4.78 is 11.4. The van der Waals surface area contributed by atoms with Crippen molar-refractivity contribution in [3.8, 4) is 0 Å². The topological polar surface area (TPSA) is 50.8 Å². The minimum Gasteiger partial charge on any atom is -0.444 e. The third kappa shape index (κ3) is 5.64. The van der Waals surface area contributed by atoms with E-state index in [1.54, 1.807) is 0 Å². The smallest absolute Gasteiger partial charge is 0.410 e. The van der Waals surface area contributed by atoms with Crippen LogP contribution in [-0.2, 0) is 9.47 Å². The molecule has 1 aliphatic carbocycles. The van der Waals surface area contributed by atoms with E-state index in [9.17, 15) is 4.79 Å². The van der Waals surface area contributed by atoms with E-state index in [0.29, 0.717) is 18.7 Å². The molecule has 1 N–H and O–H groups in total. The van der Waals surface area contributed by atoms with Crippen molar-refractivity contribution in [1.29, 1.82) is 0 Å². The molecule has 2 unspecified atom stereocenters. The Labute approximate surface area is 141 Å². The van der Waals surface area contributed by atoms with Crippen LogP contribution in [0.5, 0.6) is 0 Å². The summed E-state index contributed by atoms with van der Waals surface area (Å²) in [5.41, 5.74) is -0.726. The Morgan fingerprint density at radius 2 is 1.83 bits per heavy atom. The van der Waals surface area contributed by atoms with Crippen LogP contribution in [-0.4, -0.2) is 54.0 Å². The quantitative estimate of drug-likeness (QED) is 0.843. The molecule has 2 aliphatic rings. The van der Waals surface area contributed by atoms with Crippen molar-refractivity contribution in [2.24, 2.45) is 5.92 Å². The van der Waals surface area contributed by atoms with Gasteiger partial charge in [0.05, 0.1) is 6.10 Å². The van der Waals surface area contributed by atoms with Gasteiger partial charge >= 0.3 is 6.09 Å². The van der Waals surface area contributed by atoms with Crippen LogP contribution in [0.25, 0.3) is 0 Å². The second-order valence-corrected chi connectivity index (χ2v) is 8.82. The van der Waals surface area contributed by atoms with Crippen molar-refractivity contribution in [2.75, 3.05) is 19.7 Å². The van der Waals surface area contributed by atoms with Gasteiger partial charge in [0.1, 0.15) is 5.60 Å². The van der Waals surface area contributed by atoms with Gasteiger partial charge in [-0.05, 0) is 66.7 Å². The first-order chi connectivity index (χ1) is 10.6. The number of nitrogens with zero attached hydrogens (tertiary/aromatic N) is 1. The molecule has 1 aliphatic heterocycles. The number of carbonyl (C=O) groups excluding carboxylic acids is 1. The molecule has 134 valence electrons. The van der Waals surface area contributed by atoms with Crippen LogP contribution in [0.3, 0.4) is 0 Å². The van der Waals surface area contributed by atoms with Crippen LogP contribution < -0.4 is 5.32 Å². The molecular formula is C18H34N2O3. The Bertz CT molecular complexity index is 407. The number of amides is 1. The van der Waals surface area contributed by atoms with E-state index in [4.69, 9.17) is 9.47 Å². The lowest BCUT2D eigenvalue weighted by Crippen LogP contribution is -2.51. The highest BCUT2D eigenvalue weighted by atomic mass is 16.6. The normalized spacial score (nSPS) is 25.5. The zero-order valence-electron chi connectivity index (χ0n) is 15.6. The molecule has 1 heterocycles. The summed E-state index contributed by atoms with van der Waals surface area (Å²) in [5.74, 6) is 0.750. The van der Waals surface area contributed by atoms with E-state index in [-0.39, 0.29) is 11.6 Å². The van der Waals surface area contributed by atoms with Crippen LogP contribution >= 0.6 is 0 Å². The molecule has 0 aromatic heterocycles. The van der Waals surface area contributed by atoms with Gasteiger partial charge in [-0.1, -0.05) is 0 Å². The third-order valence-corrected chi connectivity index (χ3v) is 4.39. The second kappa shape index (κ2) is 6.98. The standard InChI is InChI=1S/C18H34N2O3/c1-17(2,3)20(16(21)23-18(4,5)6)11-10-19-14-9-12-22-15(14)13-7-8-13/h13-15,19H,7-12H2,1-6H3. The molecule has 2 rings (SSSR count). The molecule has 23 heavy (non-hydrogen) atoms. The maximum atomic E-state index is 12.5. The molecular weight excluding hydrogens is 292 g/mol. The van der Waals surface area contributed by atoms with Gasteiger partial charge in [0.2, 0.25) is 0 Å². The van der Waals surface area contributed by atoms with Crippen molar-refractivity contribution >= 4 is 6.09 Å². The van der Waals surface area contributed by atoms with E-state index in [0.717, 1.165) is 25.5 Å². The lowest BCUT2D eigenvalue weighted by molar-refractivity contribution is 0.00616. The van der Waals surface area contributed by atoms with Crippen LogP contribution in [0.2, 0.25) is 0 Å². The summed E-state index contributed by atoms with van der Waals surface area (Å²) in [6.45, 7) is 14.1. The Balaban J connectivity index is 1.84. The molecule has 1 saturated carbocycles. The largest absolute Gasteiger partial charge is 0.444 e. The maximum Gasteiger partial charge on any atom is 0.410 e. The fourth-order valence-electron chi connectivity index (χ4n) is 3.10. The second-order valence-electron chi connectivity index (χ2n) is 8.82. The Morgan fingerprint density at radius 1 is 1.17 bits per heavy atom. The van der Waals surface area contributed by atoms with Crippen LogP contribution in [0, 0.1) is 5.92 Å². The fourth-order valence-corrected chi connectivity index (χ4v) is 3.10. The fraction of sp³-hybridized carbons (Fsp3) is 0.944. The summed E-state index contributed by atoms with van der Waals surface area (Å²) in [5, 5.41) is 3.60. The van der Waals surface area contributed by atoms with Gasteiger partial charge in [-0.25, -0.2) is 4.79 Å². The summed E-state index contributed by atoms with van der Waals surface area (Å²) in [6.07, 6.45) is 3.81. The van der Waals surface area contributed by atoms with Crippen LogP contribution in [0.4, 0.5) is 4.79 Å². The monoisotopic (exact) mass is 326 g/mol. The van der Waals surface area contributed by atoms with Crippen LogP contribution in [0.15, 0.2) is 0 Å². The van der Waals surface area contributed by atoms with Crippen molar-refractivity contribution in [1.82, 2.24) is 10.2 Å². The third-order valence-electron chi connectivity index (χ3n) is 4.39. The van der Waals surface area contributed by atoms with Crippen molar-refractivity contribution in [3.63, 3.8) is 0 Å². The number of carbonyl (C=O) groups is 1. The predicted octanol–water partition coefficient (Wildman–Crippen LogP) is 3.18. The van der Waals surface area contributed by atoms with Gasteiger partial charge < -0.3 is 19.7 Å². The zero-order valence-corrected chi connectivity index (χ0v) is 15.6. The summed E-state index contributed by atoms with van der Waals surface area (Å²) in [4.78, 5) is 14.3. The number of rotatable bonds is 5. The molecule has 5 nitrogen and oxygen atoms in total. The number of nitrogens with one attached hydrogen (secondary N) is 1. The van der Waals surface area contributed by atoms with Crippen molar-refractivity contribution in [2.45, 2.75) is 84.1 Å². The molecule has 0 aromatic carbocycles. The highest BCUT2D eigenvalue weighted by Gasteiger charge is 2.40.